The summed E-state index contributed by atoms with van der Waals surface area (Å²) in [7, 11) is 1.62. The lowest BCUT2D eigenvalue weighted by Gasteiger charge is -2.10. The van der Waals surface area contributed by atoms with Gasteiger partial charge in [-0.3, -0.25) is 10.1 Å². The van der Waals surface area contributed by atoms with E-state index in [0.717, 1.165) is 22.6 Å². The summed E-state index contributed by atoms with van der Waals surface area (Å²) in [6, 6.07) is 12.3. The Morgan fingerprint density at radius 2 is 2.00 bits per heavy atom. The van der Waals surface area contributed by atoms with E-state index >= 15 is 0 Å². The van der Waals surface area contributed by atoms with Crippen LogP contribution in [0.5, 0.6) is 5.75 Å². The average molecular weight is 333 g/mol. The molecule has 0 radical (unpaired) electrons. The largest absolute Gasteiger partial charge is 0.497 e. The summed E-state index contributed by atoms with van der Waals surface area (Å²) < 4.78 is 5.12. The second kappa shape index (κ2) is 7.65. The number of hydrogen-bond donors (Lipinski definition) is 1. The number of non-ortho nitro benzene ring substituents is 1. The highest BCUT2D eigenvalue weighted by atomic mass is 35.5. The number of benzene rings is 2. The number of nitrogens with zero attached hydrogens (tertiary/aromatic N) is 1. The van der Waals surface area contributed by atoms with Crippen LogP contribution in [-0.2, 0) is 6.54 Å². The quantitative estimate of drug-likeness (QED) is 0.608. The number of rotatable bonds is 6. The first-order chi connectivity index (χ1) is 11.0. The van der Waals surface area contributed by atoms with E-state index in [2.05, 4.69) is 5.32 Å². The third kappa shape index (κ3) is 4.72. The minimum absolute atomic E-state index is 0.0439. The standard InChI is InChI=1S/C17H17ClN2O3/c1-12(18)9-14-10-16(20(21)22)6-3-13(14)11-19-15-4-7-17(23-2)8-5-15/h3-10,19H,11H2,1-2H3/b12-9-. The molecule has 0 heterocycles. The normalized spacial score (nSPS) is 11.2. The van der Waals surface area contributed by atoms with Gasteiger partial charge in [0, 0.05) is 29.4 Å². The predicted octanol–water partition coefficient (Wildman–Crippen LogP) is 4.82. The number of anilines is 1. The summed E-state index contributed by atoms with van der Waals surface area (Å²) in [4.78, 5) is 10.5. The van der Waals surface area contributed by atoms with Crippen molar-refractivity contribution in [1.29, 1.82) is 0 Å². The maximum absolute atomic E-state index is 10.9. The molecular formula is C17H17ClN2O3. The fourth-order valence-electron chi connectivity index (χ4n) is 2.11. The summed E-state index contributed by atoms with van der Waals surface area (Å²) in [5.41, 5.74) is 2.63. The molecular weight excluding hydrogens is 316 g/mol. The summed E-state index contributed by atoms with van der Waals surface area (Å²) in [6.07, 6.45) is 1.72. The Kier molecular flexibility index (Phi) is 5.60. The third-order valence-corrected chi connectivity index (χ3v) is 3.38. The Bertz CT molecular complexity index is 723. The number of allylic oxidation sites excluding steroid dienone is 1. The molecule has 0 aromatic heterocycles. The first-order valence-corrected chi connectivity index (χ1v) is 7.36. The van der Waals surface area contributed by atoms with Crippen LogP contribution in [-0.4, -0.2) is 12.0 Å². The van der Waals surface area contributed by atoms with E-state index in [1.807, 2.05) is 24.3 Å². The minimum atomic E-state index is -0.415. The maximum Gasteiger partial charge on any atom is 0.270 e. The molecule has 0 saturated heterocycles. The van der Waals surface area contributed by atoms with Crippen LogP contribution in [0.3, 0.4) is 0 Å². The third-order valence-electron chi connectivity index (χ3n) is 3.27. The van der Waals surface area contributed by atoms with Gasteiger partial charge >= 0.3 is 0 Å². The number of halogens is 1. The summed E-state index contributed by atoms with van der Waals surface area (Å²) in [5, 5.41) is 14.8. The van der Waals surface area contributed by atoms with Gasteiger partial charge in [-0.2, -0.15) is 0 Å². The Labute approximate surface area is 139 Å². The fourth-order valence-corrected chi connectivity index (χ4v) is 2.23. The number of nitro benzene ring substituents is 1. The zero-order chi connectivity index (χ0) is 16.8. The molecule has 0 fully saturated rings. The van der Waals surface area contributed by atoms with Gasteiger partial charge < -0.3 is 10.1 Å². The fraction of sp³-hybridized carbons (Fsp3) is 0.176. The van der Waals surface area contributed by atoms with Gasteiger partial charge in [-0.1, -0.05) is 11.6 Å². The molecule has 120 valence electrons. The maximum atomic E-state index is 10.9. The molecule has 0 spiro atoms. The molecule has 0 aliphatic carbocycles. The zero-order valence-corrected chi connectivity index (χ0v) is 13.6. The van der Waals surface area contributed by atoms with Crippen molar-refractivity contribution < 1.29 is 9.66 Å². The second-order valence-electron chi connectivity index (χ2n) is 4.95. The van der Waals surface area contributed by atoms with Gasteiger partial charge in [0.05, 0.1) is 12.0 Å². The molecule has 0 aliphatic heterocycles. The molecule has 0 aliphatic rings. The summed E-state index contributed by atoms with van der Waals surface area (Å²) >= 11 is 5.92. The van der Waals surface area contributed by atoms with Crippen molar-refractivity contribution in [2.24, 2.45) is 0 Å². The topological polar surface area (TPSA) is 64.4 Å². The molecule has 0 bridgehead atoms. The summed E-state index contributed by atoms with van der Waals surface area (Å²) in [5.74, 6) is 0.785. The van der Waals surface area contributed by atoms with E-state index < -0.39 is 4.92 Å². The van der Waals surface area contributed by atoms with Gasteiger partial charge in [-0.25, -0.2) is 0 Å². The zero-order valence-electron chi connectivity index (χ0n) is 12.9. The highest BCUT2D eigenvalue weighted by Gasteiger charge is 2.09. The van der Waals surface area contributed by atoms with E-state index in [4.69, 9.17) is 16.3 Å². The molecule has 5 nitrogen and oxygen atoms in total. The smallest absolute Gasteiger partial charge is 0.270 e. The number of ether oxygens (including phenoxy) is 1. The minimum Gasteiger partial charge on any atom is -0.497 e. The molecule has 0 atom stereocenters. The van der Waals surface area contributed by atoms with E-state index in [1.165, 1.54) is 12.1 Å². The molecule has 0 saturated carbocycles. The first kappa shape index (κ1) is 16.8. The summed E-state index contributed by atoms with van der Waals surface area (Å²) in [6.45, 7) is 2.27. The SMILES string of the molecule is COc1ccc(NCc2ccc([N+](=O)[O-])cc2/C=C(/C)Cl)cc1. The monoisotopic (exact) mass is 332 g/mol. The highest BCUT2D eigenvalue weighted by molar-refractivity contribution is 6.31. The van der Waals surface area contributed by atoms with Gasteiger partial charge in [0.1, 0.15) is 5.75 Å². The van der Waals surface area contributed by atoms with Crippen molar-refractivity contribution in [3.8, 4) is 5.75 Å². The first-order valence-electron chi connectivity index (χ1n) is 6.98. The number of hydrogen-bond acceptors (Lipinski definition) is 4. The number of methoxy groups -OCH3 is 1. The van der Waals surface area contributed by atoms with Crippen molar-refractivity contribution >= 4 is 29.1 Å². The van der Waals surface area contributed by atoms with Crippen LogP contribution >= 0.6 is 11.6 Å². The predicted molar refractivity (Wildman–Crippen MR) is 92.9 cm³/mol. The lowest BCUT2D eigenvalue weighted by molar-refractivity contribution is -0.384. The second-order valence-corrected chi connectivity index (χ2v) is 5.55. The molecule has 1 N–H and O–H groups in total. The Morgan fingerprint density at radius 3 is 2.57 bits per heavy atom. The van der Waals surface area contributed by atoms with Gasteiger partial charge in [-0.15, -0.1) is 0 Å². The highest BCUT2D eigenvalue weighted by Crippen LogP contribution is 2.23. The van der Waals surface area contributed by atoms with Crippen LogP contribution in [0, 0.1) is 10.1 Å². The van der Waals surface area contributed by atoms with E-state index in [1.54, 1.807) is 26.2 Å². The van der Waals surface area contributed by atoms with E-state index in [-0.39, 0.29) is 5.69 Å². The van der Waals surface area contributed by atoms with Gasteiger partial charge in [0.25, 0.3) is 5.69 Å². The number of nitrogens with one attached hydrogen (secondary N) is 1. The molecule has 2 rings (SSSR count). The van der Waals surface area contributed by atoms with Crippen LogP contribution in [0.15, 0.2) is 47.5 Å². The van der Waals surface area contributed by atoms with Crippen molar-refractivity contribution in [2.75, 3.05) is 12.4 Å². The van der Waals surface area contributed by atoms with Crippen molar-refractivity contribution in [3.05, 3.63) is 68.7 Å². The lowest BCUT2D eigenvalue weighted by Crippen LogP contribution is -2.02. The van der Waals surface area contributed by atoms with Crippen molar-refractivity contribution in [1.82, 2.24) is 0 Å². The van der Waals surface area contributed by atoms with E-state index in [0.29, 0.717) is 11.6 Å². The Hall–Kier alpha value is -2.53. The van der Waals surface area contributed by atoms with E-state index in [9.17, 15) is 10.1 Å². The number of nitro groups is 1. The molecule has 2 aromatic rings. The molecule has 6 heteroatoms. The van der Waals surface area contributed by atoms with Crippen LogP contribution in [0.25, 0.3) is 6.08 Å². The lowest BCUT2D eigenvalue weighted by atomic mass is 10.1. The average Bonchev–Trinajstić information content (AvgIpc) is 2.53. The van der Waals surface area contributed by atoms with Crippen LogP contribution in [0.4, 0.5) is 11.4 Å². The van der Waals surface area contributed by atoms with Crippen LogP contribution in [0.2, 0.25) is 0 Å². The molecule has 2 aromatic carbocycles. The van der Waals surface area contributed by atoms with Crippen LogP contribution < -0.4 is 10.1 Å². The van der Waals surface area contributed by atoms with Crippen molar-refractivity contribution in [3.63, 3.8) is 0 Å². The Morgan fingerprint density at radius 1 is 1.30 bits per heavy atom. The van der Waals surface area contributed by atoms with Gasteiger partial charge in [0.15, 0.2) is 0 Å². The van der Waals surface area contributed by atoms with Crippen molar-refractivity contribution in [2.45, 2.75) is 13.5 Å². The van der Waals surface area contributed by atoms with Gasteiger partial charge in [-0.05, 0) is 54.5 Å². The molecule has 23 heavy (non-hydrogen) atoms. The molecule has 0 amide bonds. The van der Waals surface area contributed by atoms with Gasteiger partial charge in [0.2, 0.25) is 0 Å². The van der Waals surface area contributed by atoms with Crippen LogP contribution in [0.1, 0.15) is 18.1 Å². The molecule has 0 unspecified atom stereocenters. The Balaban J connectivity index is 2.20.